The molecule has 6 heteroatoms. The van der Waals surface area contributed by atoms with Crippen LogP contribution < -0.4 is 5.14 Å². The Kier molecular flexibility index (Phi) is 3.87. The number of benzene rings is 2. The van der Waals surface area contributed by atoms with Crippen molar-refractivity contribution in [2.45, 2.75) is 24.7 Å². The minimum absolute atomic E-state index is 0.0737. The largest absolute Gasteiger partial charge is 0.241 e. The van der Waals surface area contributed by atoms with Crippen LogP contribution in [0.3, 0.4) is 0 Å². The van der Waals surface area contributed by atoms with E-state index in [1.165, 1.54) is 6.07 Å². The summed E-state index contributed by atoms with van der Waals surface area (Å²) in [6.07, 6.45) is 1.65. The zero-order valence-corrected chi connectivity index (χ0v) is 13.7. The van der Waals surface area contributed by atoms with Crippen molar-refractivity contribution in [3.63, 3.8) is 0 Å². The first-order chi connectivity index (χ1) is 10.9. The number of rotatable bonds is 3. The Labute approximate surface area is 135 Å². The first kappa shape index (κ1) is 15.6. The van der Waals surface area contributed by atoms with Crippen LogP contribution in [0.5, 0.6) is 0 Å². The molecule has 0 saturated carbocycles. The second kappa shape index (κ2) is 5.72. The summed E-state index contributed by atoms with van der Waals surface area (Å²) in [6.45, 7) is 3.98. The van der Waals surface area contributed by atoms with Crippen molar-refractivity contribution in [2.24, 2.45) is 5.14 Å². The minimum atomic E-state index is -3.87. The molecule has 0 spiro atoms. The van der Waals surface area contributed by atoms with Crippen molar-refractivity contribution >= 4 is 20.8 Å². The van der Waals surface area contributed by atoms with Gasteiger partial charge in [0, 0.05) is 17.7 Å². The smallest absolute Gasteiger partial charge is 0.238 e. The quantitative estimate of drug-likeness (QED) is 0.801. The number of primary sulfonamides is 1. The maximum Gasteiger partial charge on any atom is 0.238 e. The molecular weight excluding hydrogens is 310 g/mol. The van der Waals surface area contributed by atoms with Crippen LogP contribution in [0.1, 0.15) is 25.6 Å². The van der Waals surface area contributed by atoms with E-state index in [9.17, 15) is 8.42 Å². The van der Waals surface area contributed by atoms with Crippen molar-refractivity contribution in [2.75, 3.05) is 0 Å². The monoisotopic (exact) mass is 327 g/mol. The summed E-state index contributed by atoms with van der Waals surface area (Å²) in [5.41, 5.74) is 1.08. The number of fused-ring (bicyclic) bond motifs is 1. The normalized spacial score (nSPS) is 12.0. The lowest BCUT2D eigenvalue weighted by molar-refractivity contribution is 0.598. The summed E-state index contributed by atoms with van der Waals surface area (Å²) in [7, 11) is -3.87. The van der Waals surface area contributed by atoms with Crippen LogP contribution in [-0.4, -0.2) is 18.4 Å². The number of nitrogens with zero attached hydrogens (tertiary/aromatic N) is 2. The highest BCUT2D eigenvalue weighted by molar-refractivity contribution is 7.89. The summed E-state index contributed by atoms with van der Waals surface area (Å²) in [6, 6.07) is 12.6. The van der Waals surface area contributed by atoms with Gasteiger partial charge in [0.05, 0.1) is 10.6 Å². The van der Waals surface area contributed by atoms with Gasteiger partial charge in [0.2, 0.25) is 10.0 Å². The molecule has 1 heterocycles. The molecule has 3 rings (SSSR count). The number of hydrogen-bond donors (Lipinski definition) is 1. The second-order valence-corrected chi connectivity index (χ2v) is 7.19. The second-order valence-electron chi connectivity index (χ2n) is 5.66. The molecule has 5 nitrogen and oxygen atoms in total. The fourth-order valence-corrected chi connectivity index (χ4v) is 3.30. The van der Waals surface area contributed by atoms with Gasteiger partial charge < -0.3 is 0 Å². The van der Waals surface area contributed by atoms with E-state index in [0.29, 0.717) is 17.1 Å². The highest BCUT2D eigenvalue weighted by Crippen LogP contribution is 2.33. The molecular formula is C17H17N3O2S. The standard InChI is InChI=1S/C17H17N3O2S/c1-11(2)17-19-10-9-14(20-17)16-13-6-4-3-5-12(13)7-8-15(16)23(18,21)22/h3-11H,1-2H3,(H2,18,21,22). The average molecular weight is 327 g/mol. The zero-order valence-electron chi connectivity index (χ0n) is 12.9. The van der Waals surface area contributed by atoms with E-state index in [-0.39, 0.29) is 10.8 Å². The van der Waals surface area contributed by atoms with Crippen LogP contribution in [0.15, 0.2) is 53.6 Å². The molecule has 0 atom stereocenters. The van der Waals surface area contributed by atoms with E-state index < -0.39 is 10.0 Å². The predicted molar refractivity (Wildman–Crippen MR) is 90.4 cm³/mol. The number of nitrogens with two attached hydrogens (primary N) is 1. The third-order valence-electron chi connectivity index (χ3n) is 3.64. The van der Waals surface area contributed by atoms with Crippen molar-refractivity contribution in [3.05, 3.63) is 54.5 Å². The lowest BCUT2D eigenvalue weighted by Gasteiger charge is -2.13. The Hall–Kier alpha value is -2.31. The third-order valence-corrected chi connectivity index (χ3v) is 4.60. The van der Waals surface area contributed by atoms with Gasteiger partial charge in [0.1, 0.15) is 5.82 Å². The van der Waals surface area contributed by atoms with Crippen molar-refractivity contribution in [3.8, 4) is 11.3 Å². The third kappa shape index (κ3) is 2.95. The molecule has 0 unspecified atom stereocenters. The van der Waals surface area contributed by atoms with E-state index >= 15 is 0 Å². The molecule has 3 aromatic rings. The molecule has 23 heavy (non-hydrogen) atoms. The molecule has 1 aromatic heterocycles. The van der Waals surface area contributed by atoms with Crippen LogP contribution in [0, 0.1) is 0 Å². The van der Waals surface area contributed by atoms with Crippen LogP contribution in [-0.2, 0) is 10.0 Å². The van der Waals surface area contributed by atoms with E-state index in [2.05, 4.69) is 9.97 Å². The number of hydrogen-bond acceptors (Lipinski definition) is 4. The summed E-state index contributed by atoms with van der Waals surface area (Å²) in [5, 5.41) is 7.14. The van der Waals surface area contributed by atoms with E-state index in [1.54, 1.807) is 18.3 Å². The predicted octanol–water partition coefficient (Wildman–Crippen LogP) is 3.07. The molecule has 0 amide bonds. The van der Waals surface area contributed by atoms with Crippen molar-refractivity contribution < 1.29 is 8.42 Å². The molecule has 0 fully saturated rings. The fraction of sp³-hybridized carbons (Fsp3) is 0.176. The SMILES string of the molecule is CC(C)c1nccc(-c2c(S(N)(=O)=O)ccc3ccccc23)n1. The Bertz CT molecular complexity index is 982. The number of aromatic nitrogens is 2. The average Bonchev–Trinajstić information content (AvgIpc) is 2.53. The van der Waals surface area contributed by atoms with E-state index in [1.807, 2.05) is 38.1 Å². The fourth-order valence-electron chi connectivity index (χ4n) is 2.54. The van der Waals surface area contributed by atoms with Gasteiger partial charge >= 0.3 is 0 Å². The van der Waals surface area contributed by atoms with Crippen molar-refractivity contribution in [1.29, 1.82) is 0 Å². The summed E-state index contributed by atoms with van der Waals surface area (Å²) in [4.78, 5) is 8.85. The molecule has 0 saturated heterocycles. The van der Waals surface area contributed by atoms with Gasteiger partial charge in [-0.2, -0.15) is 0 Å². The van der Waals surface area contributed by atoms with Crippen LogP contribution >= 0.6 is 0 Å². The van der Waals surface area contributed by atoms with E-state index in [4.69, 9.17) is 5.14 Å². The van der Waals surface area contributed by atoms with Crippen LogP contribution in [0.2, 0.25) is 0 Å². The molecule has 2 aromatic carbocycles. The van der Waals surface area contributed by atoms with Gasteiger partial charge in [-0.25, -0.2) is 23.5 Å². The Balaban J connectivity index is 2.41. The molecule has 2 N–H and O–H groups in total. The first-order valence-corrected chi connectivity index (χ1v) is 8.80. The number of sulfonamides is 1. The van der Waals surface area contributed by atoms with Gasteiger partial charge in [0.25, 0.3) is 0 Å². The van der Waals surface area contributed by atoms with E-state index in [0.717, 1.165) is 10.8 Å². The summed E-state index contributed by atoms with van der Waals surface area (Å²) in [5.74, 6) is 0.804. The molecule has 0 aliphatic rings. The van der Waals surface area contributed by atoms with Gasteiger partial charge in [-0.15, -0.1) is 0 Å². The topological polar surface area (TPSA) is 85.9 Å². The lowest BCUT2D eigenvalue weighted by Crippen LogP contribution is -2.14. The molecule has 0 radical (unpaired) electrons. The van der Waals surface area contributed by atoms with Crippen LogP contribution in [0.25, 0.3) is 22.0 Å². The summed E-state index contributed by atoms with van der Waals surface area (Å²) >= 11 is 0. The van der Waals surface area contributed by atoms with Gasteiger partial charge in [0.15, 0.2) is 0 Å². The van der Waals surface area contributed by atoms with Crippen molar-refractivity contribution in [1.82, 2.24) is 9.97 Å². The highest BCUT2D eigenvalue weighted by Gasteiger charge is 2.19. The lowest BCUT2D eigenvalue weighted by atomic mass is 10.0. The maximum absolute atomic E-state index is 12.0. The Morgan fingerprint density at radius 1 is 1.04 bits per heavy atom. The minimum Gasteiger partial charge on any atom is -0.241 e. The van der Waals surface area contributed by atoms with Gasteiger partial charge in [-0.3, -0.25) is 0 Å². The molecule has 0 aliphatic heterocycles. The zero-order chi connectivity index (χ0) is 16.6. The molecule has 118 valence electrons. The molecule has 0 bridgehead atoms. The summed E-state index contributed by atoms with van der Waals surface area (Å²) < 4.78 is 24.0. The molecule has 0 aliphatic carbocycles. The van der Waals surface area contributed by atoms with Gasteiger partial charge in [-0.1, -0.05) is 44.2 Å². The Morgan fingerprint density at radius 2 is 1.78 bits per heavy atom. The van der Waals surface area contributed by atoms with Gasteiger partial charge in [-0.05, 0) is 22.9 Å². The van der Waals surface area contributed by atoms with Crippen LogP contribution in [0.4, 0.5) is 0 Å². The highest BCUT2D eigenvalue weighted by atomic mass is 32.2. The Morgan fingerprint density at radius 3 is 2.48 bits per heavy atom. The maximum atomic E-state index is 12.0. The first-order valence-electron chi connectivity index (χ1n) is 7.26.